The van der Waals surface area contributed by atoms with Crippen LogP contribution >= 0.6 is 0 Å². The van der Waals surface area contributed by atoms with Crippen molar-refractivity contribution in [2.24, 2.45) is 11.8 Å². The molecular weight excluding hydrogens is 358 g/mol. The molecule has 2 saturated carbocycles. The maximum absolute atomic E-state index is 12.5. The highest BCUT2D eigenvalue weighted by Gasteiger charge is 2.46. The van der Waals surface area contributed by atoms with E-state index in [1.54, 1.807) is 47.6 Å². The summed E-state index contributed by atoms with van der Waals surface area (Å²) in [6.07, 6.45) is 9.75. The molecule has 0 amide bonds. The molecule has 3 aromatic heterocycles. The molecule has 5 rings (SSSR count). The Morgan fingerprint density at radius 2 is 1.89 bits per heavy atom. The molecule has 8 nitrogen and oxygen atoms in total. The van der Waals surface area contributed by atoms with E-state index >= 15 is 0 Å². The lowest BCUT2D eigenvalue weighted by molar-refractivity contribution is -0.676. The number of rotatable bonds is 4. The quantitative estimate of drug-likeness (QED) is 0.386. The van der Waals surface area contributed by atoms with Gasteiger partial charge in [0.2, 0.25) is 5.69 Å². The lowest BCUT2D eigenvalue weighted by Gasteiger charge is -2.16. The summed E-state index contributed by atoms with van der Waals surface area (Å²) in [6.45, 7) is -0.00531. The zero-order valence-electron chi connectivity index (χ0n) is 15.1. The minimum Gasteiger partial charge on any atom is -0.594 e. The standard InChI is InChI=1S/C20H19N5O3/c26-19-20(27)24(17-9-14-8-15(14)10-17)7-6-23(19)12-16-3-4-18(22-25(16)28)13-2-1-5-21-11-13/h1-7,11,14-15,17H,8-10,12H2. The van der Waals surface area contributed by atoms with E-state index in [0.29, 0.717) is 10.5 Å². The number of pyridine rings is 1. The van der Waals surface area contributed by atoms with E-state index in [0.717, 1.165) is 30.2 Å². The highest BCUT2D eigenvalue weighted by molar-refractivity contribution is 5.56. The summed E-state index contributed by atoms with van der Waals surface area (Å²) in [5.41, 5.74) is 0.377. The van der Waals surface area contributed by atoms with Gasteiger partial charge in [-0.25, -0.2) is 0 Å². The van der Waals surface area contributed by atoms with Crippen LogP contribution in [0.4, 0.5) is 0 Å². The van der Waals surface area contributed by atoms with Crippen molar-refractivity contribution >= 4 is 0 Å². The third-order valence-electron chi connectivity index (χ3n) is 5.87. The molecule has 0 saturated heterocycles. The summed E-state index contributed by atoms with van der Waals surface area (Å²) in [5, 5.41) is 16.3. The Morgan fingerprint density at radius 1 is 1.07 bits per heavy atom. The van der Waals surface area contributed by atoms with Crippen LogP contribution in [0.5, 0.6) is 0 Å². The van der Waals surface area contributed by atoms with Crippen molar-refractivity contribution in [1.82, 2.24) is 19.2 Å². The molecule has 0 spiro atoms. The summed E-state index contributed by atoms with van der Waals surface area (Å²) >= 11 is 0. The molecule has 0 bridgehead atoms. The topological polar surface area (TPSA) is 96.7 Å². The van der Waals surface area contributed by atoms with Crippen LogP contribution < -0.4 is 16.0 Å². The molecule has 3 aromatic rings. The molecule has 2 aliphatic rings. The van der Waals surface area contributed by atoms with Crippen LogP contribution in [-0.2, 0) is 6.54 Å². The predicted molar refractivity (Wildman–Crippen MR) is 100 cm³/mol. The van der Waals surface area contributed by atoms with Crippen molar-refractivity contribution in [3.05, 3.63) is 80.7 Å². The third-order valence-corrected chi connectivity index (χ3v) is 5.87. The first kappa shape index (κ1) is 16.9. The molecule has 2 unspecified atom stereocenters. The molecule has 3 heterocycles. The molecule has 0 aromatic carbocycles. The van der Waals surface area contributed by atoms with E-state index in [4.69, 9.17) is 0 Å². The van der Waals surface area contributed by atoms with Gasteiger partial charge in [-0.1, -0.05) is 4.85 Å². The number of hydrogen-bond donors (Lipinski definition) is 0. The fraction of sp³-hybridized carbons (Fsp3) is 0.350. The van der Waals surface area contributed by atoms with Crippen LogP contribution in [-0.4, -0.2) is 19.2 Å². The molecule has 0 radical (unpaired) electrons. The van der Waals surface area contributed by atoms with Gasteiger partial charge in [-0.05, 0) is 49.3 Å². The second-order valence-electron chi connectivity index (χ2n) is 7.65. The van der Waals surface area contributed by atoms with E-state index in [1.807, 2.05) is 6.07 Å². The molecule has 142 valence electrons. The molecule has 0 aliphatic heterocycles. The second kappa shape index (κ2) is 6.40. The van der Waals surface area contributed by atoms with Crippen molar-refractivity contribution in [2.75, 3.05) is 0 Å². The number of nitrogens with zero attached hydrogens (tertiary/aromatic N) is 5. The lowest BCUT2D eigenvalue weighted by atomic mass is 10.1. The maximum atomic E-state index is 12.5. The first-order valence-corrected chi connectivity index (χ1v) is 9.42. The van der Waals surface area contributed by atoms with Gasteiger partial charge in [-0.15, -0.1) is 0 Å². The fourth-order valence-electron chi connectivity index (χ4n) is 4.23. The average Bonchev–Trinajstić information content (AvgIpc) is 3.33. The van der Waals surface area contributed by atoms with E-state index in [1.165, 1.54) is 11.0 Å². The predicted octanol–water partition coefficient (Wildman–Crippen LogP) is 1.12. The lowest BCUT2D eigenvalue weighted by Crippen LogP contribution is -2.44. The van der Waals surface area contributed by atoms with Crippen molar-refractivity contribution in [2.45, 2.75) is 31.8 Å². The van der Waals surface area contributed by atoms with Crippen LogP contribution in [0.15, 0.2) is 58.6 Å². The number of fused-ring (bicyclic) bond motifs is 1. The summed E-state index contributed by atoms with van der Waals surface area (Å²) in [4.78, 5) is 29.6. The van der Waals surface area contributed by atoms with Crippen LogP contribution in [0.25, 0.3) is 11.3 Å². The summed E-state index contributed by atoms with van der Waals surface area (Å²) in [7, 11) is 0. The smallest absolute Gasteiger partial charge is 0.316 e. The zero-order chi connectivity index (χ0) is 19.3. The average molecular weight is 377 g/mol. The fourth-order valence-corrected chi connectivity index (χ4v) is 4.23. The molecule has 2 aliphatic carbocycles. The third kappa shape index (κ3) is 2.90. The molecule has 2 fully saturated rings. The van der Waals surface area contributed by atoms with E-state index in [9.17, 15) is 14.8 Å². The Labute approximate surface area is 160 Å². The highest BCUT2D eigenvalue weighted by Crippen LogP contribution is 2.55. The van der Waals surface area contributed by atoms with E-state index in [2.05, 4.69) is 10.1 Å². The zero-order valence-corrected chi connectivity index (χ0v) is 15.1. The van der Waals surface area contributed by atoms with Gasteiger partial charge < -0.3 is 9.77 Å². The van der Waals surface area contributed by atoms with Crippen molar-refractivity contribution < 1.29 is 4.85 Å². The van der Waals surface area contributed by atoms with Gasteiger partial charge >= 0.3 is 11.1 Å². The second-order valence-corrected chi connectivity index (χ2v) is 7.65. The molecule has 28 heavy (non-hydrogen) atoms. The Balaban J connectivity index is 1.41. The summed E-state index contributed by atoms with van der Waals surface area (Å²) in [5.74, 6) is 1.45. The Bertz CT molecular complexity index is 1140. The van der Waals surface area contributed by atoms with Gasteiger partial charge in [-0.2, -0.15) is 0 Å². The van der Waals surface area contributed by atoms with Crippen LogP contribution in [0.3, 0.4) is 0 Å². The first-order valence-electron chi connectivity index (χ1n) is 9.42. The number of aromatic nitrogens is 5. The van der Waals surface area contributed by atoms with Crippen molar-refractivity contribution in [3.8, 4) is 11.3 Å². The van der Waals surface area contributed by atoms with Gasteiger partial charge in [0.15, 0.2) is 0 Å². The molecule has 0 N–H and O–H groups in total. The number of hydrogen-bond acceptors (Lipinski definition) is 5. The largest absolute Gasteiger partial charge is 0.594 e. The van der Waals surface area contributed by atoms with Crippen LogP contribution in [0, 0.1) is 17.0 Å². The van der Waals surface area contributed by atoms with Gasteiger partial charge in [0.25, 0.3) is 0 Å². The maximum Gasteiger partial charge on any atom is 0.316 e. The molecule has 8 heteroatoms. The van der Waals surface area contributed by atoms with Gasteiger partial charge in [-0.3, -0.25) is 19.1 Å². The van der Waals surface area contributed by atoms with Gasteiger partial charge in [0, 0.05) is 47.6 Å². The van der Waals surface area contributed by atoms with Crippen molar-refractivity contribution in [3.63, 3.8) is 0 Å². The van der Waals surface area contributed by atoms with E-state index in [-0.39, 0.29) is 18.3 Å². The summed E-state index contributed by atoms with van der Waals surface area (Å²) < 4.78 is 2.84. The first-order chi connectivity index (χ1) is 13.6. The summed E-state index contributed by atoms with van der Waals surface area (Å²) in [6, 6.07) is 7.03. The van der Waals surface area contributed by atoms with Crippen LogP contribution in [0.1, 0.15) is 31.0 Å². The van der Waals surface area contributed by atoms with Gasteiger partial charge in [0.05, 0.1) is 0 Å². The van der Waals surface area contributed by atoms with Crippen LogP contribution in [0.2, 0.25) is 0 Å². The Kier molecular flexibility index (Phi) is 3.85. The Morgan fingerprint density at radius 3 is 2.61 bits per heavy atom. The highest BCUT2D eigenvalue weighted by atomic mass is 16.5. The van der Waals surface area contributed by atoms with Gasteiger partial charge in [0.1, 0.15) is 12.2 Å². The monoisotopic (exact) mass is 377 g/mol. The van der Waals surface area contributed by atoms with Crippen molar-refractivity contribution in [1.29, 1.82) is 0 Å². The SMILES string of the molecule is O=c1c(=O)n(C2CC3CC3C2)ccn1Cc1ccc(-c2cccnc2)n[n+]1[O-]. The minimum absolute atomic E-state index is 0.00531. The molecular formula is C20H19N5O3. The van der Waals surface area contributed by atoms with E-state index < -0.39 is 11.1 Å². The Hall–Kier alpha value is -3.29. The minimum atomic E-state index is -0.612. The normalized spacial score (nSPS) is 22.8. The molecule has 2 atom stereocenters.